The summed E-state index contributed by atoms with van der Waals surface area (Å²) in [5.74, 6) is 0.0748. The van der Waals surface area contributed by atoms with Gasteiger partial charge < -0.3 is 9.80 Å². The molecule has 1 unspecified atom stereocenters. The minimum absolute atomic E-state index is 0.0515. The molecule has 2 heterocycles. The quantitative estimate of drug-likeness (QED) is 0.790. The molecule has 1 amide bonds. The Morgan fingerprint density at radius 3 is 2.69 bits per heavy atom. The van der Waals surface area contributed by atoms with Crippen molar-refractivity contribution >= 4 is 26.6 Å². The first kappa shape index (κ1) is 18.8. The lowest BCUT2D eigenvalue weighted by atomic mass is 10.1. The van der Waals surface area contributed by atoms with Crippen LogP contribution in [0.25, 0.3) is 10.9 Å². The second kappa shape index (κ2) is 7.75. The van der Waals surface area contributed by atoms with Gasteiger partial charge in [0.2, 0.25) is 0 Å². The second-order valence-electron chi connectivity index (χ2n) is 6.72. The molecule has 1 aliphatic heterocycles. The van der Waals surface area contributed by atoms with Gasteiger partial charge in [-0.3, -0.25) is 9.89 Å². The molecule has 1 fully saturated rings. The second-order valence-corrected chi connectivity index (χ2v) is 8.95. The smallest absolute Gasteiger partial charge is 0.256 e. The van der Waals surface area contributed by atoms with E-state index in [4.69, 9.17) is 0 Å². The first-order valence-electron chi connectivity index (χ1n) is 9.11. The van der Waals surface area contributed by atoms with Crippen LogP contribution >= 0.6 is 0 Å². The molecule has 2 aromatic rings. The molecule has 1 aliphatic rings. The minimum atomic E-state index is -3.07. The molecular formula is C18H26N4O3S. The van der Waals surface area contributed by atoms with Gasteiger partial charge in [0.25, 0.3) is 5.91 Å². The van der Waals surface area contributed by atoms with E-state index in [9.17, 15) is 13.2 Å². The van der Waals surface area contributed by atoms with E-state index in [-0.39, 0.29) is 23.5 Å². The fraction of sp³-hybridized carbons (Fsp3) is 0.556. The monoisotopic (exact) mass is 378 g/mol. The number of likely N-dealkylation sites (N-methyl/N-ethyl adjacent to an activating group) is 1. The largest absolute Gasteiger partial charge is 0.333 e. The average molecular weight is 378 g/mol. The molecule has 3 rings (SSSR count). The van der Waals surface area contributed by atoms with E-state index < -0.39 is 9.84 Å². The summed E-state index contributed by atoms with van der Waals surface area (Å²) in [5, 5.41) is 7.79. The highest BCUT2D eigenvalue weighted by Gasteiger charge is 2.35. The Bertz CT molecular complexity index is 873. The van der Waals surface area contributed by atoms with E-state index in [1.807, 2.05) is 12.1 Å². The van der Waals surface area contributed by atoms with E-state index >= 15 is 0 Å². The summed E-state index contributed by atoms with van der Waals surface area (Å²) in [6, 6.07) is 5.24. The number of benzene rings is 1. The third kappa shape index (κ3) is 3.91. The van der Waals surface area contributed by atoms with Gasteiger partial charge >= 0.3 is 0 Å². The number of fused-ring (bicyclic) bond motifs is 1. The van der Waals surface area contributed by atoms with Crippen molar-refractivity contribution in [1.82, 2.24) is 20.0 Å². The number of nitrogens with zero attached hydrogens (tertiary/aromatic N) is 3. The van der Waals surface area contributed by atoms with Crippen molar-refractivity contribution in [2.45, 2.75) is 26.3 Å². The standard InChI is InChI=1S/C18H26N4O3S/c1-3-21(4-2)9-10-22(15-8-11-26(24,25)13-15)18(23)16-7-5-6-14-12-19-20-17(14)16/h5-7,12,15H,3-4,8-11,13H2,1-2H3,(H,19,20). The number of aromatic amines is 1. The number of nitrogens with one attached hydrogen (secondary N) is 1. The Balaban J connectivity index is 1.89. The third-order valence-corrected chi connectivity index (χ3v) is 6.92. The molecule has 8 heteroatoms. The molecule has 1 aromatic carbocycles. The molecule has 7 nitrogen and oxygen atoms in total. The molecule has 0 radical (unpaired) electrons. The van der Waals surface area contributed by atoms with Crippen molar-refractivity contribution in [2.24, 2.45) is 0 Å². The maximum absolute atomic E-state index is 13.3. The lowest BCUT2D eigenvalue weighted by molar-refractivity contribution is 0.0676. The third-order valence-electron chi connectivity index (χ3n) is 5.17. The molecule has 1 aromatic heterocycles. The zero-order valence-corrected chi connectivity index (χ0v) is 16.1. The van der Waals surface area contributed by atoms with Crippen molar-refractivity contribution in [3.63, 3.8) is 0 Å². The van der Waals surface area contributed by atoms with Crippen LogP contribution in [0.2, 0.25) is 0 Å². The van der Waals surface area contributed by atoms with Gasteiger partial charge in [0.15, 0.2) is 9.84 Å². The van der Waals surface area contributed by atoms with Gasteiger partial charge in [-0.1, -0.05) is 26.0 Å². The Morgan fingerprint density at radius 1 is 1.27 bits per heavy atom. The first-order valence-corrected chi connectivity index (χ1v) is 10.9. The predicted molar refractivity (Wildman–Crippen MR) is 102 cm³/mol. The summed E-state index contributed by atoms with van der Waals surface area (Å²) < 4.78 is 23.9. The van der Waals surface area contributed by atoms with Crippen molar-refractivity contribution in [3.8, 4) is 0 Å². The van der Waals surface area contributed by atoms with Crippen LogP contribution in [0.5, 0.6) is 0 Å². The summed E-state index contributed by atoms with van der Waals surface area (Å²) in [6.45, 7) is 7.22. The Morgan fingerprint density at radius 2 is 2.04 bits per heavy atom. The molecule has 1 atom stereocenters. The number of sulfone groups is 1. The number of para-hydroxylation sites is 1. The number of hydrogen-bond acceptors (Lipinski definition) is 5. The summed E-state index contributed by atoms with van der Waals surface area (Å²) in [6.07, 6.45) is 2.19. The molecule has 142 valence electrons. The van der Waals surface area contributed by atoms with Crippen LogP contribution in [-0.2, 0) is 9.84 Å². The van der Waals surface area contributed by atoms with E-state index in [2.05, 4.69) is 28.9 Å². The Hall–Kier alpha value is -1.93. The summed E-state index contributed by atoms with van der Waals surface area (Å²) in [7, 11) is -3.07. The average Bonchev–Trinajstić information content (AvgIpc) is 3.24. The number of amides is 1. The molecular weight excluding hydrogens is 352 g/mol. The SMILES string of the molecule is CCN(CC)CCN(C(=O)c1cccc2cn[nH]c12)C1CCS(=O)(=O)C1. The van der Waals surface area contributed by atoms with E-state index in [1.54, 1.807) is 17.2 Å². The molecule has 0 aliphatic carbocycles. The van der Waals surface area contributed by atoms with Crippen molar-refractivity contribution in [3.05, 3.63) is 30.0 Å². The number of rotatable bonds is 7. The number of hydrogen-bond donors (Lipinski definition) is 1. The van der Waals surface area contributed by atoms with Crippen LogP contribution in [0.4, 0.5) is 0 Å². The van der Waals surface area contributed by atoms with Crippen molar-refractivity contribution in [1.29, 1.82) is 0 Å². The first-order chi connectivity index (χ1) is 12.4. The van der Waals surface area contributed by atoms with E-state index in [0.717, 1.165) is 25.0 Å². The zero-order valence-electron chi connectivity index (χ0n) is 15.3. The highest BCUT2D eigenvalue weighted by molar-refractivity contribution is 7.91. The molecule has 0 spiro atoms. The number of carbonyl (C=O) groups is 1. The van der Waals surface area contributed by atoms with Crippen LogP contribution in [0.15, 0.2) is 24.4 Å². The summed E-state index contributed by atoms with van der Waals surface area (Å²) >= 11 is 0. The lowest BCUT2D eigenvalue weighted by Gasteiger charge is -2.31. The van der Waals surface area contributed by atoms with Gasteiger partial charge in [-0.05, 0) is 25.6 Å². The number of H-pyrrole nitrogens is 1. The van der Waals surface area contributed by atoms with Crippen LogP contribution < -0.4 is 0 Å². The van der Waals surface area contributed by atoms with E-state index in [1.165, 1.54) is 0 Å². The van der Waals surface area contributed by atoms with E-state index in [0.29, 0.717) is 24.0 Å². The topological polar surface area (TPSA) is 86.4 Å². The Kier molecular flexibility index (Phi) is 5.62. The van der Waals surface area contributed by atoms with Gasteiger partial charge in [0.05, 0.1) is 28.8 Å². The predicted octanol–water partition coefficient (Wildman–Crippen LogP) is 1.53. The van der Waals surface area contributed by atoms with Gasteiger partial charge in [-0.25, -0.2) is 8.42 Å². The lowest BCUT2D eigenvalue weighted by Crippen LogP contribution is -2.45. The maximum atomic E-state index is 13.3. The summed E-state index contributed by atoms with van der Waals surface area (Å²) in [5.41, 5.74) is 1.25. The fourth-order valence-electron chi connectivity index (χ4n) is 3.56. The van der Waals surface area contributed by atoms with Crippen LogP contribution in [-0.4, -0.2) is 78.0 Å². The minimum Gasteiger partial charge on any atom is -0.333 e. The van der Waals surface area contributed by atoms with Gasteiger partial charge in [-0.2, -0.15) is 5.10 Å². The normalized spacial score (nSPS) is 19.3. The van der Waals surface area contributed by atoms with Crippen LogP contribution in [0.1, 0.15) is 30.6 Å². The maximum Gasteiger partial charge on any atom is 0.256 e. The number of aromatic nitrogens is 2. The van der Waals surface area contributed by atoms with Crippen LogP contribution in [0, 0.1) is 0 Å². The molecule has 1 saturated heterocycles. The summed E-state index contributed by atoms with van der Waals surface area (Å²) in [4.78, 5) is 17.3. The molecule has 1 N–H and O–H groups in total. The van der Waals surface area contributed by atoms with Gasteiger partial charge in [-0.15, -0.1) is 0 Å². The fourth-order valence-corrected chi connectivity index (χ4v) is 5.29. The highest BCUT2D eigenvalue weighted by Crippen LogP contribution is 2.23. The van der Waals surface area contributed by atoms with Gasteiger partial charge in [0.1, 0.15) is 0 Å². The van der Waals surface area contributed by atoms with Crippen molar-refractivity contribution in [2.75, 3.05) is 37.7 Å². The Labute approximate surface area is 154 Å². The molecule has 0 bridgehead atoms. The highest BCUT2D eigenvalue weighted by atomic mass is 32.2. The molecule has 0 saturated carbocycles. The van der Waals surface area contributed by atoms with Crippen LogP contribution in [0.3, 0.4) is 0 Å². The van der Waals surface area contributed by atoms with Gasteiger partial charge in [0, 0.05) is 24.5 Å². The number of carbonyl (C=O) groups excluding carboxylic acids is 1. The van der Waals surface area contributed by atoms with Crippen molar-refractivity contribution < 1.29 is 13.2 Å². The molecule has 26 heavy (non-hydrogen) atoms. The zero-order chi connectivity index (χ0) is 18.7.